The van der Waals surface area contributed by atoms with Gasteiger partial charge in [-0.3, -0.25) is 0 Å². The molecule has 0 aliphatic carbocycles. The van der Waals surface area contributed by atoms with Gasteiger partial charge in [0.15, 0.2) is 0 Å². The van der Waals surface area contributed by atoms with Crippen LogP contribution in [0.5, 0.6) is 0 Å². The summed E-state index contributed by atoms with van der Waals surface area (Å²) in [6.07, 6.45) is 7.93. The van der Waals surface area contributed by atoms with Crippen molar-refractivity contribution in [3.05, 3.63) is 47.8 Å². The van der Waals surface area contributed by atoms with Crippen LogP contribution in [-0.4, -0.2) is 64.8 Å². The van der Waals surface area contributed by atoms with Crippen LogP contribution < -0.4 is 16.0 Å². The summed E-state index contributed by atoms with van der Waals surface area (Å²) in [5.74, 6) is 1.87. The Morgan fingerprint density at radius 3 is 2.05 bits per heavy atom. The lowest BCUT2D eigenvalue weighted by Gasteiger charge is -2.34. The second-order valence-electron chi connectivity index (χ2n) is 10.5. The molecule has 2 saturated heterocycles. The summed E-state index contributed by atoms with van der Waals surface area (Å²) in [5, 5.41) is 10.2. The average molecular weight is 556 g/mol. The van der Waals surface area contributed by atoms with Gasteiger partial charge in [0.05, 0.1) is 0 Å². The average Bonchev–Trinajstić information content (AvgIpc) is 2.79. The monoisotopic (exact) mass is 554 g/mol. The number of nitrogens with zero attached hydrogens (tertiary/aromatic N) is 3. The maximum Gasteiger partial charge on any atom is 0.410 e. The van der Waals surface area contributed by atoms with E-state index in [1.807, 2.05) is 52.1 Å². The second kappa shape index (κ2) is 15.8. The van der Waals surface area contributed by atoms with Crippen LogP contribution in [0.3, 0.4) is 0 Å². The number of carbonyl (C=O) groups is 1. The zero-order valence-electron chi connectivity index (χ0n) is 22.8. The number of ether oxygens (including phenoxy) is 1. The fourth-order valence-electron chi connectivity index (χ4n) is 4.21. The molecule has 0 bridgehead atoms. The van der Waals surface area contributed by atoms with Crippen LogP contribution >= 0.6 is 24.8 Å². The number of aromatic nitrogens is 2. The third kappa shape index (κ3) is 12.2. The number of anilines is 2. The van der Waals surface area contributed by atoms with Crippen molar-refractivity contribution in [3.8, 4) is 0 Å². The minimum atomic E-state index is -0.449. The fraction of sp³-hybridized carbons (Fsp3) is 0.593. The van der Waals surface area contributed by atoms with Crippen molar-refractivity contribution >= 4 is 42.5 Å². The summed E-state index contributed by atoms with van der Waals surface area (Å²) in [6, 6.07) is 8.86. The van der Waals surface area contributed by atoms with E-state index in [1.54, 1.807) is 11.1 Å². The smallest absolute Gasteiger partial charge is 0.410 e. The quantitative estimate of drug-likeness (QED) is 0.453. The van der Waals surface area contributed by atoms with Crippen LogP contribution in [0.25, 0.3) is 0 Å². The highest BCUT2D eigenvalue weighted by molar-refractivity contribution is 5.85. The molecule has 0 unspecified atom stereocenters. The SMILES string of the molecule is Cc1ccnc(N[C@@H]2CCCN(C(=O)OC(C)(C)C)C2)c1.Cc1ccnc(N[C@@H]2CCCNC2)c1.Cl.Cl. The van der Waals surface area contributed by atoms with Crippen molar-refractivity contribution in [2.75, 3.05) is 36.8 Å². The van der Waals surface area contributed by atoms with E-state index in [1.165, 1.54) is 24.0 Å². The third-order valence-electron chi connectivity index (χ3n) is 5.90. The highest BCUT2D eigenvalue weighted by Gasteiger charge is 2.27. The highest BCUT2D eigenvalue weighted by Crippen LogP contribution is 2.18. The number of likely N-dealkylation sites (tertiary alicyclic amines) is 1. The summed E-state index contributed by atoms with van der Waals surface area (Å²) in [5.41, 5.74) is 1.98. The molecule has 2 aliphatic heterocycles. The van der Waals surface area contributed by atoms with Crippen LogP contribution in [0.2, 0.25) is 0 Å². The lowest BCUT2D eigenvalue weighted by atomic mass is 10.1. The molecule has 4 rings (SSSR count). The lowest BCUT2D eigenvalue weighted by Crippen LogP contribution is -2.47. The molecule has 2 aromatic heterocycles. The van der Waals surface area contributed by atoms with Crippen molar-refractivity contribution in [3.63, 3.8) is 0 Å². The number of aryl methyl sites for hydroxylation is 2. The Kier molecular flexibility index (Phi) is 14.0. The third-order valence-corrected chi connectivity index (χ3v) is 5.90. The molecule has 1 amide bonds. The second-order valence-corrected chi connectivity index (χ2v) is 10.5. The molecule has 2 aliphatic rings. The standard InChI is InChI=1S/C16H25N3O2.C11H17N3.2ClH/c1-12-7-8-17-14(10-12)18-13-6-5-9-19(11-13)15(20)21-16(2,3)4;1-9-4-6-13-11(7-9)14-10-3-2-5-12-8-10;;/h7-8,10,13H,5-6,9,11H2,1-4H3,(H,17,18);4,6-7,10,12H,2-3,5,8H2,1H3,(H,13,14);2*1H/t13-;10-;;/m11../s1. The first-order chi connectivity index (χ1) is 16.7. The Balaban J connectivity index is 0.000000375. The Morgan fingerprint density at radius 1 is 0.973 bits per heavy atom. The molecule has 0 aromatic carbocycles. The molecule has 10 heteroatoms. The summed E-state index contributed by atoms with van der Waals surface area (Å²) < 4.78 is 5.44. The summed E-state index contributed by atoms with van der Waals surface area (Å²) in [6.45, 7) is 13.4. The number of hydrogen-bond acceptors (Lipinski definition) is 7. The van der Waals surface area contributed by atoms with E-state index in [9.17, 15) is 4.79 Å². The molecule has 0 radical (unpaired) electrons. The van der Waals surface area contributed by atoms with Crippen LogP contribution in [0.1, 0.15) is 57.6 Å². The Hall–Kier alpha value is -2.29. The molecule has 208 valence electrons. The topological polar surface area (TPSA) is 91.4 Å². The number of pyridine rings is 2. The first kappa shape index (κ1) is 32.7. The first-order valence-electron chi connectivity index (χ1n) is 12.7. The molecular formula is C27H44Cl2N6O2. The summed E-state index contributed by atoms with van der Waals surface area (Å²) in [4.78, 5) is 22.5. The molecule has 2 fully saturated rings. The minimum Gasteiger partial charge on any atom is -0.444 e. The van der Waals surface area contributed by atoms with Crippen molar-refractivity contribution in [2.45, 2.75) is 78.0 Å². The van der Waals surface area contributed by atoms with Gasteiger partial charge in [0, 0.05) is 44.1 Å². The van der Waals surface area contributed by atoms with Crippen molar-refractivity contribution in [2.24, 2.45) is 0 Å². The van der Waals surface area contributed by atoms with Gasteiger partial charge < -0.3 is 25.6 Å². The maximum absolute atomic E-state index is 12.1. The highest BCUT2D eigenvalue weighted by atomic mass is 35.5. The fourth-order valence-corrected chi connectivity index (χ4v) is 4.21. The van der Waals surface area contributed by atoms with Crippen molar-refractivity contribution in [1.29, 1.82) is 0 Å². The lowest BCUT2D eigenvalue weighted by molar-refractivity contribution is 0.0206. The number of amides is 1. The van der Waals surface area contributed by atoms with Crippen molar-refractivity contribution < 1.29 is 9.53 Å². The van der Waals surface area contributed by atoms with Gasteiger partial charge in [-0.05, 0) is 102 Å². The predicted octanol–water partition coefficient (Wildman–Crippen LogP) is 5.60. The van der Waals surface area contributed by atoms with E-state index < -0.39 is 5.60 Å². The zero-order chi connectivity index (χ0) is 25.3. The molecule has 2 atom stereocenters. The molecule has 2 aromatic rings. The molecular weight excluding hydrogens is 511 g/mol. The van der Waals surface area contributed by atoms with E-state index in [0.29, 0.717) is 12.6 Å². The Labute approximate surface area is 234 Å². The largest absolute Gasteiger partial charge is 0.444 e. The number of halogens is 2. The molecule has 0 saturated carbocycles. The molecule has 37 heavy (non-hydrogen) atoms. The van der Waals surface area contributed by atoms with Crippen molar-refractivity contribution in [1.82, 2.24) is 20.2 Å². The summed E-state index contributed by atoms with van der Waals surface area (Å²) in [7, 11) is 0. The number of hydrogen-bond donors (Lipinski definition) is 3. The number of rotatable bonds is 4. The van der Waals surface area contributed by atoms with Gasteiger partial charge in [0.25, 0.3) is 0 Å². The van der Waals surface area contributed by atoms with Crippen LogP contribution in [0.4, 0.5) is 16.4 Å². The van der Waals surface area contributed by atoms with Gasteiger partial charge in [-0.15, -0.1) is 24.8 Å². The predicted molar refractivity (Wildman–Crippen MR) is 156 cm³/mol. The Bertz CT molecular complexity index is 950. The van der Waals surface area contributed by atoms with Crippen LogP contribution in [0.15, 0.2) is 36.7 Å². The molecule has 4 heterocycles. The molecule has 8 nitrogen and oxygen atoms in total. The van der Waals surface area contributed by atoms with Crippen LogP contribution in [-0.2, 0) is 4.74 Å². The molecule has 3 N–H and O–H groups in total. The van der Waals surface area contributed by atoms with Gasteiger partial charge in [-0.2, -0.15) is 0 Å². The van der Waals surface area contributed by atoms with Gasteiger partial charge in [-0.25, -0.2) is 14.8 Å². The zero-order valence-corrected chi connectivity index (χ0v) is 24.4. The van der Waals surface area contributed by atoms with Crippen LogP contribution in [0, 0.1) is 13.8 Å². The van der Waals surface area contributed by atoms with E-state index in [0.717, 1.165) is 44.1 Å². The van der Waals surface area contributed by atoms with Gasteiger partial charge in [0.1, 0.15) is 17.2 Å². The van der Waals surface area contributed by atoms with E-state index in [4.69, 9.17) is 4.74 Å². The number of piperidine rings is 2. The summed E-state index contributed by atoms with van der Waals surface area (Å²) >= 11 is 0. The van der Waals surface area contributed by atoms with E-state index in [2.05, 4.69) is 38.9 Å². The minimum absolute atomic E-state index is 0. The number of nitrogens with one attached hydrogen (secondary N) is 3. The number of carbonyl (C=O) groups excluding carboxylic acids is 1. The van der Waals surface area contributed by atoms with E-state index >= 15 is 0 Å². The maximum atomic E-state index is 12.1. The first-order valence-corrected chi connectivity index (χ1v) is 12.7. The van der Waals surface area contributed by atoms with E-state index in [-0.39, 0.29) is 36.9 Å². The van der Waals surface area contributed by atoms with Gasteiger partial charge in [0.2, 0.25) is 0 Å². The normalized spacial score (nSPS) is 19.2. The van der Waals surface area contributed by atoms with Gasteiger partial charge >= 0.3 is 6.09 Å². The Morgan fingerprint density at radius 2 is 1.54 bits per heavy atom. The van der Waals surface area contributed by atoms with Gasteiger partial charge in [-0.1, -0.05) is 0 Å². The molecule has 0 spiro atoms.